The fourth-order valence-electron chi connectivity index (χ4n) is 3.38. The number of hydrogen-bond donors (Lipinski definition) is 2. The molecule has 0 radical (unpaired) electrons. The minimum Gasteiger partial charge on any atom is -0.357 e. The van der Waals surface area contributed by atoms with E-state index < -0.39 is 9.84 Å². The number of anilines is 1. The van der Waals surface area contributed by atoms with Crippen molar-refractivity contribution in [3.8, 4) is 0 Å². The molecule has 9 heteroatoms. The molecule has 2 aromatic rings. The second-order valence-electron chi connectivity index (χ2n) is 7.51. The molecule has 7 nitrogen and oxygen atoms in total. The van der Waals surface area contributed by atoms with Gasteiger partial charge in [0.1, 0.15) is 5.82 Å². The van der Waals surface area contributed by atoms with Crippen molar-refractivity contribution in [1.82, 2.24) is 15.6 Å². The molecule has 1 aromatic heterocycles. The molecule has 31 heavy (non-hydrogen) atoms. The van der Waals surface area contributed by atoms with Crippen molar-refractivity contribution in [2.45, 2.75) is 37.6 Å². The molecular formula is C22H32IN5O2S. The van der Waals surface area contributed by atoms with E-state index in [4.69, 9.17) is 0 Å². The molecule has 2 heterocycles. The van der Waals surface area contributed by atoms with Gasteiger partial charge < -0.3 is 15.5 Å². The zero-order chi connectivity index (χ0) is 21.4. The van der Waals surface area contributed by atoms with E-state index in [1.54, 1.807) is 12.1 Å². The molecule has 0 unspecified atom stereocenters. The van der Waals surface area contributed by atoms with Crippen LogP contribution in [0.1, 0.15) is 30.9 Å². The number of pyridine rings is 1. The number of benzene rings is 1. The van der Waals surface area contributed by atoms with Gasteiger partial charge >= 0.3 is 0 Å². The molecule has 170 valence electrons. The number of halogens is 1. The van der Waals surface area contributed by atoms with Crippen molar-refractivity contribution in [1.29, 1.82) is 0 Å². The van der Waals surface area contributed by atoms with Gasteiger partial charge in [0, 0.05) is 38.6 Å². The van der Waals surface area contributed by atoms with Crippen molar-refractivity contribution in [2.24, 2.45) is 4.99 Å². The Bertz CT molecular complexity index is 941. The first-order valence-electron chi connectivity index (χ1n) is 10.5. The Morgan fingerprint density at radius 2 is 1.74 bits per heavy atom. The Hall–Kier alpha value is -1.88. The van der Waals surface area contributed by atoms with Crippen LogP contribution < -0.4 is 15.5 Å². The first-order chi connectivity index (χ1) is 14.5. The standard InChI is InChI=1S/C22H31N5O2S.HI/c1-3-23-22(24-13-12-18-6-9-20(10-7-18)30(2,28)29)26-17-19-8-11-21(25-16-19)27-14-4-5-15-27;/h6-11,16H,3-5,12-15,17H2,1-2H3,(H2,23,24,26);1H. The van der Waals surface area contributed by atoms with E-state index in [0.717, 1.165) is 49.0 Å². The first kappa shape index (κ1) is 25.4. The second kappa shape index (κ2) is 12.2. The van der Waals surface area contributed by atoms with Gasteiger partial charge in [-0.3, -0.25) is 0 Å². The Labute approximate surface area is 202 Å². The number of nitrogens with one attached hydrogen (secondary N) is 2. The van der Waals surface area contributed by atoms with Crippen LogP contribution in [0.4, 0.5) is 5.82 Å². The zero-order valence-corrected chi connectivity index (χ0v) is 21.3. The first-order valence-corrected chi connectivity index (χ1v) is 12.4. The smallest absolute Gasteiger partial charge is 0.191 e. The van der Waals surface area contributed by atoms with Crippen molar-refractivity contribution in [2.75, 3.05) is 37.3 Å². The molecule has 0 amide bonds. The van der Waals surface area contributed by atoms with Crippen molar-refractivity contribution in [3.05, 3.63) is 53.7 Å². The molecule has 0 spiro atoms. The highest BCUT2D eigenvalue weighted by molar-refractivity contribution is 14.0. The second-order valence-corrected chi connectivity index (χ2v) is 9.52. The number of sulfone groups is 1. The molecule has 1 aromatic carbocycles. The van der Waals surface area contributed by atoms with Gasteiger partial charge in [-0.15, -0.1) is 24.0 Å². The minimum absolute atomic E-state index is 0. The van der Waals surface area contributed by atoms with E-state index in [2.05, 4.69) is 37.6 Å². The average molecular weight is 558 g/mol. The van der Waals surface area contributed by atoms with Gasteiger partial charge in [0.15, 0.2) is 15.8 Å². The van der Waals surface area contributed by atoms with Gasteiger partial charge in [-0.1, -0.05) is 18.2 Å². The number of aromatic nitrogens is 1. The third-order valence-corrected chi connectivity index (χ3v) is 6.19. The lowest BCUT2D eigenvalue weighted by Gasteiger charge is -2.16. The molecule has 0 aliphatic carbocycles. The lowest BCUT2D eigenvalue weighted by Crippen LogP contribution is -2.38. The SMILES string of the molecule is CCNC(=NCc1ccc(N2CCCC2)nc1)NCCc1ccc(S(C)(=O)=O)cc1.I. The zero-order valence-electron chi connectivity index (χ0n) is 18.2. The number of nitrogens with zero attached hydrogens (tertiary/aromatic N) is 3. The highest BCUT2D eigenvalue weighted by Crippen LogP contribution is 2.17. The van der Waals surface area contributed by atoms with E-state index in [1.807, 2.05) is 25.3 Å². The summed E-state index contributed by atoms with van der Waals surface area (Å²) in [6.45, 7) is 6.27. The summed E-state index contributed by atoms with van der Waals surface area (Å²) in [5.74, 6) is 1.81. The third-order valence-electron chi connectivity index (χ3n) is 5.06. The summed E-state index contributed by atoms with van der Waals surface area (Å²) >= 11 is 0. The summed E-state index contributed by atoms with van der Waals surface area (Å²) in [6.07, 6.45) is 6.39. The fourth-order valence-corrected chi connectivity index (χ4v) is 4.01. The maximum Gasteiger partial charge on any atom is 0.191 e. The Balaban J connectivity index is 0.00000341. The van der Waals surface area contributed by atoms with Gasteiger partial charge in [-0.25, -0.2) is 18.4 Å². The summed E-state index contributed by atoms with van der Waals surface area (Å²) in [6, 6.07) is 11.2. The van der Waals surface area contributed by atoms with Gasteiger partial charge in [0.2, 0.25) is 0 Å². The lowest BCUT2D eigenvalue weighted by molar-refractivity contribution is 0.602. The number of aliphatic imine (C=N–C) groups is 1. The number of hydrogen-bond acceptors (Lipinski definition) is 5. The third kappa shape index (κ3) is 7.95. The number of rotatable bonds is 8. The Kier molecular flexibility index (Phi) is 10.0. The van der Waals surface area contributed by atoms with Gasteiger partial charge in [0.25, 0.3) is 0 Å². The van der Waals surface area contributed by atoms with Crippen LogP contribution in [0.15, 0.2) is 52.5 Å². The highest BCUT2D eigenvalue weighted by atomic mass is 127. The summed E-state index contributed by atoms with van der Waals surface area (Å²) < 4.78 is 23.1. The average Bonchev–Trinajstić information content (AvgIpc) is 3.27. The molecule has 2 N–H and O–H groups in total. The normalized spacial score (nSPS) is 14.3. The van der Waals surface area contributed by atoms with E-state index in [1.165, 1.54) is 19.1 Å². The lowest BCUT2D eigenvalue weighted by atomic mass is 10.1. The van der Waals surface area contributed by atoms with Gasteiger partial charge in [-0.2, -0.15) is 0 Å². The van der Waals surface area contributed by atoms with Crippen LogP contribution in [0.25, 0.3) is 0 Å². The largest absolute Gasteiger partial charge is 0.357 e. The molecule has 1 aliphatic rings. The van der Waals surface area contributed by atoms with Crippen molar-refractivity contribution < 1.29 is 8.42 Å². The quantitative estimate of drug-likeness (QED) is 0.295. The Morgan fingerprint density at radius 1 is 1.06 bits per heavy atom. The fraction of sp³-hybridized carbons (Fsp3) is 0.455. The molecule has 1 aliphatic heterocycles. The number of guanidine groups is 1. The molecule has 1 saturated heterocycles. The van der Waals surface area contributed by atoms with Crippen LogP contribution in [-0.4, -0.2) is 51.8 Å². The topological polar surface area (TPSA) is 86.7 Å². The summed E-state index contributed by atoms with van der Waals surface area (Å²) in [5.41, 5.74) is 2.15. The van der Waals surface area contributed by atoms with Crippen molar-refractivity contribution >= 4 is 45.6 Å². The predicted octanol–water partition coefficient (Wildman–Crippen LogP) is 3.00. The van der Waals surface area contributed by atoms with E-state index >= 15 is 0 Å². The highest BCUT2D eigenvalue weighted by Gasteiger charge is 2.13. The molecule has 0 atom stereocenters. The van der Waals surface area contributed by atoms with Crippen LogP contribution in [0.5, 0.6) is 0 Å². The molecule has 3 rings (SSSR count). The molecule has 0 bridgehead atoms. The summed E-state index contributed by atoms with van der Waals surface area (Å²) in [7, 11) is -3.15. The van der Waals surface area contributed by atoms with Crippen LogP contribution in [0.3, 0.4) is 0 Å². The van der Waals surface area contributed by atoms with E-state index in [-0.39, 0.29) is 24.0 Å². The molecule has 0 saturated carbocycles. The van der Waals surface area contributed by atoms with Crippen LogP contribution >= 0.6 is 24.0 Å². The summed E-state index contributed by atoms with van der Waals surface area (Å²) in [4.78, 5) is 11.9. The van der Waals surface area contributed by atoms with E-state index in [0.29, 0.717) is 18.0 Å². The van der Waals surface area contributed by atoms with Crippen LogP contribution in [-0.2, 0) is 22.8 Å². The minimum atomic E-state index is -3.15. The monoisotopic (exact) mass is 557 g/mol. The maximum absolute atomic E-state index is 11.6. The molecule has 1 fully saturated rings. The van der Waals surface area contributed by atoms with E-state index in [9.17, 15) is 8.42 Å². The van der Waals surface area contributed by atoms with Crippen LogP contribution in [0.2, 0.25) is 0 Å². The Morgan fingerprint density at radius 3 is 2.32 bits per heavy atom. The predicted molar refractivity (Wildman–Crippen MR) is 137 cm³/mol. The van der Waals surface area contributed by atoms with Gasteiger partial charge in [-0.05, 0) is 55.5 Å². The van der Waals surface area contributed by atoms with Crippen molar-refractivity contribution in [3.63, 3.8) is 0 Å². The van der Waals surface area contributed by atoms with Gasteiger partial charge in [0.05, 0.1) is 11.4 Å². The van der Waals surface area contributed by atoms with Crippen LogP contribution in [0, 0.1) is 0 Å². The summed E-state index contributed by atoms with van der Waals surface area (Å²) in [5, 5.41) is 6.59. The maximum atomic E-state index is 11.6. The molecular weight excluding hydrogens is 525 g/mol.